The SMILES string of the molecule is CC[C@@H](C)NC(=O)[C@@H](CC)N(Cc1ccc(F)cc1)C(=O)CN(c1ccc(Br)cc1)S(=O)(=O)c1ccccc1. The molecular weight excluding hydrogens is 585 g/mol. The Kier molecular flexibility index (Phi) is 10.7. The van der Waals surface area contributed by atoms with Crippen LogP contribution in [0.4, 0.5) is 10.1 Å². The summed E-state index contributed by atoms with van der Waals surface area (Å²) in [5, 5.41) is 2.93. The minimum absolute atomic E-state index is 0.00507. The van der Waals surface area contributed by atoms with Crippen molar-refractivity contribution in [1.29, 1.82) is 0 Å². The van der Waals surface area contributed by atoms with E-state index in [0.29, 0.717) is 24.1 Å². The number of amides is 2. The highest BCUT2D eigenvalue weighted by Gasteiger charge is 2.33. The Labute approximate surface area is 238 Å². The molecule has 0 aromatic heterocycles. The van der Waals surface area contributed by atoms with E-state index >= 15 is 0 Å². The van der Waals surface area contributed by atoms with Crippen molar-refractivity contribution in [3.63, 3.8) is 0 Å². The van der Waals surface area contributed by atoms with Crippen molar-refractivity contribution >= 4 is 43.5 Å². The average molecular weight is 619 g/mol. The average Bonchev–Trinajstić information content (AvgIpc) is 2.93. The van der Waals surface area contributed by atoms with E-state index in [1.54, 1.807) is 61.5 Å². The van der Waals surface area contributed by atoms with Crippen LogP contribution >= 0.6 is 15.9 Å². The molecule has 0 heterocycles. The van der Waals surface area contributed by atoms with Crippen LogP contribution in [0.2, 0.25) is 0 Å². The molecule has 3 aromatic rings. The molecule has 3 rings (SSSR count). The molecule has 3 aromatic carbocycles. The van der Waals surface area contributed by atoms with Crippen LogP contribution in [0, 0.1) is 5.82 Å². The zero-order valence-electron chi connectivity index (χ0n) is 22.2. The van der Waals surface area contributed by atoms with Gasteiger partial charge in [-0.3, -0.25) is 13.9 Å². The number of hydrogen-bond donors (Lipinski definition) is 1. The van der Waals surface area contributed by atoms with E-state index in [4.69, 9.17) is 0 Å². The number of rotatable bonds is 12. The molecule has 0 saturated carbocycles. The first kappa shape index (κ1) is 30.3. The summed E-state index contributed by atoms with van der Waals surface area (Å²) < 4.78 is 42.9. The Morgan fingerprint density at radius 3 is 2.10 bits per heavy atom. The first-order chi connectivity index (χ1) is 18.6. The van der Waals surface area contributed by atoms with Gasteiger partial charge in [-0.15, -0.1) is 0 Å². The lowest BCUT2D eigenvalue weighted by atomic mass is 10.1. The normalized spacial score (nSPS) is 12.8. The molecule has 0 aliphatic carbocycles. The minimum atomic E-state index is -4.13. The quantitative estimate of drug-likeness (QED) is 0.290. The molecule has 0 aliphatic rings. The number of nitrogens with zero attached hydrogens (tertiary/aromatic N) is 2. The summed E-state index contributed by atoms with van der Waals surface area (Å²) >= 11 is 3.36. The Balaban J connectivity index is 2.03. The third-order valence-electron chi connectivity index (χ3n) is 6.38. The van der Waals surface area contributed by atoms with Gasteiger partial charge in [0.2, 0.25) is 11.8 Å². The molecule has 0 radical (unpaired) electrons. The van der Waals surface area contributed by atoms with Gasteiger partial charge in [0.05, 0.1) is 10.6 Å². The highest BCUT2D eigenvalue weighted by molar-refractivity contribution is 9.10. The molecule has 0 spiro atoms. The van der Waals surface area contributed by atoms with Crippen LogP contribution in [0.15, 0.2) is 88.2 Å². The number of hydrogen-bond acceptors (Lipinski definition) is 4. The van der Waals surface area contributed by atoms with Crippen LogP contribution in [0.25, 0.3) is 0 Å². The summed E-state index contributed by atoms with van der Waals surface area (Å²) in [7, 11) is -4.13. The lowest BCUT2D eigenvalue weighted by molar-refractivity contribution is -0.140. The number of anilines is 1. The predicted octanol–water partition coefficient (Wildman–Crippen LogP) is 5.51. The summed E-state index contributed by atoms with van der Waals surface area (Å²) in [5.74, 6) is -1.31. The molecule has 0 saturated heterocycles. The molecule has 0 fully saturated rings. The second kappa shape index (κ2) is 13.7. The van der Waals surface area contributed by atoms with Crippen molar-refractivity contribution in [3.8, 4) is 0 Å². The third kappa shape index (κ3) is 7.89. The van der Waals surface area contributed by atoms with Gasteiger partial charge < -0.3 is 10.2 Å². The number of carbonyl (C=O) groups is 2. The van der Waals surface area contributed by atoms with Gasteiger partial charge in [0.15, 0.2) is 0 Å². The van der Waals surface area contributed by atoms with Crippen molar-refractivity contribution in [2.45, 2.75) is 57.1 Å². The lowest BCUT2D eigenvalue weighted by Gasteiger charge is -2.33. The fourth-order valence-electron chi connectivity index (χ4n) is 4.00. The zero-order chi connectivity index (χ0) is 28.6. The van der Waals surface area contributed by atoms with E-state index in [-0.39, 0.29) is 23.4 Å². The summed E-state index contributed by atoms with van der Waals surface area (Å²) in [6.07, 6.45) is 1.01. The molecule has 208 valence electrons. The molecule has 1 N–H and O–H groups in total. The first-order valence-electron chi connectivity index (χ1n) is 12.7. The van der Waals surface area contributed by atoms with Crippen LogP contribution in [0.5, 0.6) is 0 Å². The van der Waals surface area contributed by atoms with E-state index in [0.717, 1.165) is 8.78 Å². The highest BCUT2D eigenvalue weighted by atomic mass is 79.9. The number of sulfonamides is 1. The maximum Gasteiger partial charge on any atom is 0.264 e. The van der Waals surface area contributed by atoms with E-state index in [9.17, 15) is 22.4 Å². The zero-order valence-corrected chi connectivity index (χ0v) is 24.6. The fraction of sp³-hybridized carbons (Fsp3) is 0.310. The first-order valence-corrected chi connectivity index (χ1v) is 15.0. The maximum atomic E-state index is 14.0. The summed E-state index contributed by atoms with van der Waals surface area (Å²) in [5.41, 5.74) is 0.912. The van der Waals surface area contributed by atoms with E-state index in [1.165, 1.54) is 29.2 Å². The highest BCUT2D eigenvalue weighted by Crippen LogP contribution is 2.26. The Bertz CT molecular complexity index is 1350. The maximum absolute atomic E-state index is 14.0. The van der Waals surface area contributed by atoms with Crippen LogP contribution in [-0.4, -0.2) is 43.8 Å². The van der Waals surface area contributed by atoms with Crippen molar-refractivity contribution in [3.05, 3.63) is 94.7 Å². The molecule has 2 atom stereocenters. The summed E-state index contributed by atoms with van der Waals surface area (Å²) in [4.78, 5) is 28.6. The molecule has 7 nitrogen and oxygen atoms in total. The Hall–Kier alpha value is -3.24. The second-order valence-electron chi connectivity index (χ2n) is 9.19. The molecule has 2 amide bonds. The van der Waals surface area contributed by atoms with Crippen LogP contribution in [0.3, 0.4) is 0 Å². The van der Waals surface area contributed by atoms with Gasteiger partial charge in [0.1, 0.15) is 18.4 Å². The number of benzene rings is 3. The smallest absolute Gasteiger partial charge is 0.264 e. The minimum Gasteiger partial charge on any atom is -0.352 e. The molecule has 10 heteroatoms. The lowest BCUT2D eigenvalue weighted by Crippen LogP contribution is -2.53. The van der Waals surface area contributed by atoms with Crippen LogP contribution < -0.4 is 9.62 Å². The van der Waals surface area contributed by atoms with Crippen LogP contribution in [-0.2, 0) is 26.2 Å². The summed E-state index contributed by atoms with van der Waals surface area (Å²) in [6.45, 7) is 5.08. The number of carbonyl (C=O) groups excluding carboxylic acids is 2. The molecule has 0 bridgehead atoms. The van der Waals surface area contributed by atoms with E-state index < -0.39 is 34.3 Å². The third-order valence-corrected chi connectivity index (χ3v) is 8.69. The van der Waals surface area contributed by atoms with Crippen molar-refractivity contribution in [1.82, 2.24) is 10.2 Å². The predicted molar refractivity (Wildman–Crippen MR) is 154 cm³/mol. The standard InChI is InChI=1S/C29H33BrFN3O4S/c1-4-21(3)32-29(36)27(5-2)33(19-22-11-15-24(31)16-12-22)28(35)20-34(25-17-13-23(30)14-18-25)39(37,38)26-9-7-6-8-10-26/h6-18,21,27H,4-5,19-20H2,1-3H3,(H,32,36)/t21-,27-/m1/s1. The topological polar surface area (TPSA) is 86.8 Å². The second-order valence-corrected chi connectivity index (χ2v) is 12.0. The van der Waals surface area contributed by atoms with Gasteiger partial charge in [-0.25, -0.2) is 12.8 Å². The largest absolute Gasteiger partial charge is 0.352 e. The monoisotopic (exact) mass is 617 g/mol. The van der Waals surface area contributed by atoms with Gasteiger partial charge in [-0.1, -0.05) is 60.1 Å². The van der Waals surface area contributed by atoms with E-state index in [2.05, 4.69) is 21.2 Å². The Morgan fingerprint density at radius 1 is 0.923 bits per heavy atom. The van der Waals surface area contributed by atoms with Gasteiger partial charge in [0, 0.05) is 17.1 Å². The van der Waals surface area contributed by atoms with Gasteiger partial charge >= 0.3 is 0 Å². The van der Waals surface area contributed by atoms with E-state index in [1.807, 2.05) is 13.8 Å². The number of halogens is 2. The van der Waals surface area contributed by atoms with Crippen molar-refractivity contribution in [2.75, 3.05) is 10.8 Å². The van der Waals surface area contributed by atoms with Gasteiger partial charge in [-0.05, 0) is 73.9 Å². The Morgan fingerprint density at radius 2 is 1.54 bits per heavy atom. The molecule has 0 unspecified atom stereocenters. The molecule has 39 heavy (non-hydrogen) atoms. The van der Waals surface area contributed by atoms with Gasteiger partial charge in [-0.2, -0.15) is 0 Å². The fourth-order valence-corrected chi connectivity index (χ4v) is 5.70. The van der Waals surface area contributed by atoms with Crippen molar-refractivity contribution in [2.24, 2.45) is 0 Å². The van der Waals surface area contributed by atoms with Crippen LogP contribution in [0.1, 0.15) is 39.2 Å². The van der Waals surface area contributed by atoms with Crippen molar-refractivity contribution < 1.29 is 22.4 Å². The molecule has 0 aliphatic heterocycles. The van der Waals surface area contributed by atoms with Gasteiger partial charge in [0.25, 0.3) is 10.0 Å². The summed E-state index contributed by atoms with van der Waals surface area (Å²) in [6, 6.07) is 19.2. The number of nitrogens with one attached hydrogen (secondary N) is 1. The molecular formula is C29H33BrFN3O4S.